The summed E-state index contributed by atoms with van der Waals surface area (Å²) in [6.07, 6.45) is 2.62. The summed E-state index contributed by atoms with van der Waals surface area (Å²) in [5, 5.41) is 3.12. The molecule has 28 heavy (non-hydrogen) atoms. The van der Waals surface area contributed by atoms with Crippen LogP contribution in [0.4, 0.5) is 16.3 Å². The largest absolute Gasteiger partial charge is 0.497 e. The number of benzene rings is 1. The lowest BCUT2D eigenvalue weighted by molar-refractivity contribution is 0.0565. The van der Waals surface area contributed by atoms with Crippen LogP contribution in [0.3, 0.4) is 0 Å². The summed E-state index contributed by atoms with van der Waals surface area (Å²) < 4.78 is 10.2. The van der Waals surface area contributed by atoms with Crippen molar-refractivity contribution in [2.24, 2.45) is 0 Å². The van der Waals surface area contributed by atoms with Crippen molar-refractivity contribution in [3.05, 3.63) is 42.4 Å². The Balaban J connectivity index is 1.57. The van der Waals surface area contributed by atoms with Gasteiger partial charge in [-0.05, 0) is 19.1 Å². The quantitative estimate of drug-likeness (QED) is 0.842. The molecule has 0 unspecified atom stereocenters. The van der Waals surface area contributed by atoms with Gasteiger partial charge < -0.3 is 24.6 Å². The Morgan fingerprint density at radius 3 is 2.50 bits per heavy atom. The molecule has 1 aromatic carbocycles. The van der Waals surface area contributed by atoms with E-state index in [4.69, 9.17) is 9.47 Å². The Hall–Kier alpha value is -3.36. The molecule has 1 fully saturated rings. The highest BCUT2D eigenvalue weighted by Crippen LogP contribution is 2.20. The van der Waals surface area contributed by atoms with Gasteiger partial charge in [-0.3, -0.25) is 4.79 Å². The Labute approximate surface area is 163 Å². The molecule has 0 bridgehead atoms. The molecule has 0 aliphatic carbocycles. The Kier molecular flexibility index (Phi) is 6.25. The third-order valence-electron chi connectivity index (χ3n) is 4.31. The van der Waals surface area contributed by atoms with Crippen LogP contribution < -0.4 is 10.1 Å². The minimum Gasteiger partial charge on any atom is -0.497 e. The number of ether oxygens (including phenoxy) is 2. The Morgan fingerprint density at radius 2 is 1.86 bits per heavy atom. The van der Waals surface area contributed by atoms with E-state index in [-0.39, 0.29) is 17.7 Å². The second-order valence-corrected chi connectivity index (χ2v) is 6.12. The lowest BCUT2D eigenvalue weighted by Crippen LogP contribution is -2.50. The molecule has 1 saturated heterocycles. The molecular formula is C19H23N5O4. The van der Waals surface area contributed by atoms with E-state index >= 15 is 0 Å². The van der Waals surface area contributed by atoms with Crippen molar-refractivity contribution in [2.45, 2.75) is 6.92 Å². The second-order valence-electron chi connectivity index (χ2n) is 6.12. The lowest BCUT2D eigenvalue weighted by atomic mass is 10.3. The first-order valence-corrected chi connectivity index (χ1v) is 9.04. The fourth-order valence-corrected chi connectivity index (χ4v) is 2.82. The summed E-state index contributed by atoms with van der Waals surface area (Å²) in [7, 11) is 1.60. The number of carbonyl (C=O) groups is 2. The number of carbonyl (C=O) groups excluding carboxylic acids is 2. The van der Waals surface area contributed by atoms with Gasteiger partial charge in [0.1, 0.15) is 17.3 Å². The maximum Gasteiger partial charge on any atom is 0.409 e. The minimum absolute atomic E-state index is 0.205. The van der Waals surface area contributed by atoms with Crippen molar-refractivity contribution in [1.29, 1.82) is 0 Å². The lowest BCUT2D eigenvalue weighted by Gasteiger charge is -2.33. The summed E-state index contributed by atoms with van der Waals surface area (Å²) in [5.74, 6) is 1.05. The van der Waals surface area contributed by atoms with E-state index in [0.717, 1.165) is 11.4 Å². The van der Waals surface area contributed by atoms with Gasteiger partial charge in [0.25, 0.3) is 5.91 Å². The predicted octanol–water partition coefficient (Wildman–Crippen LogP) is 2.14. The zero-order valence-electron chi connectivity index (χ0n) is 15.9. The van der Waals surface area contributed by atoms with Crippen LogP contribution in [0.5, 0.6) is 5.75 Å². The monoisotopic (exact) mass is 385 g/mol. The fourth-order valence-electron chi connectivity index (χ4n) is 2.82. The SMILES string of the molecule is CCOC(=O)N1CCN(C(=O)c2cnc(Nc3cccc(OC)c3)cn2)CC1. The van der Waals surface area contributed by atoms with Gasteiger partial charge >= 0.3 is 6.09 Å². The van der Waals surface area contributed by atoms with Gasteiger partial charge in [0, 0.05) is 37.9 Å². The second kappa shape index (κ2) is 9.03. The van der Waals surface area contributed by atoms with Crippen LogP contribution in [0.2, 0.25) is 0 Å². The Bertz CT molecular complexity index is 819. The maximum atomic E-state index is 12.6. The fraction of sp³-hybridized carbons (Fsp3) is 0.368. The highest BCUT2D eigenvalue weighted by Gasteiger charge is 2.26. The van der Waals surface area contributed by atoms with Crippen molar-refractivity contribution >= 4 is 23.5 Å². The molecule has 1 aliphatic rings. The van der Waals surface area contributed by atoms with E-state index in [1.807, 2.05) is 24.3 Å². The molecule has 3 rings (SSSR count). The number of methoxy groups -OCH3 is 1. The van der Waals surface area contributed by atoms with Crippen LogP contribution in [-0.2, 0) is 4.74 Å². The highest BCUT2D eigenvalue weighted by molar-refractivity contribution is 5.92. The molecule has 9 nitrogen and oxygen atoms in total. The van der Waals surface area contributed by atoms with E-state index in [9.17, 15) is 9.59 Å². The number of nitrogens with zero attached hydrogens (tertiary/aromatic N) is 4. The van der Waals surface area contributed by atoms with Crippen molar-refractivity contribution in [1.82, 2.24) is 19.8 Å². The van der Waals surface area contributed by atoms with Crippen LogP contribution in [0, 0.1) is 0 Å². The van der Waals surface area contributed by atoms with Gasteiger partial charge in [-0.1, -0.05) is 6.07 Å². The molecule has 2 aromatic rings. The average Bonchev–Trinajstić information content (AvgIpc) is 2.74. The molecule has 2 heterocycles. The van der Waals surface area contributed by atoms with Gasteiger partial charge in [-0.25, -0.2) is 14.8 Å². The van der Waals surface area contributed by atoms with Crippen LogP contribution >= 0.6 is 0 Å². The molecule has 1 aliphatic heterocycles. The zero-order valence-corrected chi connectivity index (χ0v) is 15.9. The molecule has 0 atom stereocenters. The summed E-state index contributed by atoms with van der Waals surface area (Å²) in [4.78, 5) is 36.1. The van der Waals surface area contributed by atoms with Crippen molar-refractivity contribution < 1.29 is 19.1 Å². The van der Waals surface area contributed by atoms with Crippen molar-refractivity contribution in [3.8, 4) is 5.75 Å². The first-order chi connectivity index (χ1) is 13.6. The number of piperazine rings is 1. The van der Waals surface area contributed by atoms with E-state index < -0.39 is 0 Å². The summed E-state index contributed by atoms with van der Waals surface area (Å²) in [6.45, 7) is 3.85. The van der Waals surface area contributed by atoms with E-state index in [0.29, 0.717) is 38.6 Å². The van der Waals surface area contributed by atoms with Crippen LogP contribution in [0.25, 0.3) is 0 Å². The molecule has 9 heteroatoms. The average molecular weight is 385 g/mol. The number of hydrogen-bond donors (Lipinski definition) is 1. The summed E-state index contributed by atoms with van der Waals surface area (Å²) in [5.41, 5.74) is 1.07. The number of rotatable bonds is 5. The Morgan fingerprint density at radius 1 is 1.11 bits per heavy atom. The highest BCUT2D eigenvalue weighted by atomic mass is 16.6. The molecule has 1 N–H and O–H groups in total. The third kappa shape index (κ3) is 4.67. The van der Waals surface area contributed by atoms with Gasteiger partial charge in [0.05, 0.1) is 26.1 Å². The predicted molar refractivity (Wildman–Crippen MR) is 103 cm³/mol. The van der Waals surface area contributed by atoms with E-state index in [1.54, 1.807) is 23.8 Å². The van der Waals surface area contributed by atoms with Crippen molar-refractivity contribution in [2.75, 3.05) is 45.2 Å². The smallest absolute Gasteiger partial charge is 0.409 e. The number of aromatic nitrogens is 2. The molecule has 0 saturated carbocycles. The molecule has 1 aromatic heterocycles. The third-order valence-corrected chi connectivity index (χ3v) is 4.31. The van der Waals surface area contributed by atoms with Crippen LogP contribution in [0.1, 0.15) is 17.4 Å². The topological polar surface area (TPSA) is 96.9 Å². The summed E-state index contributed by atoms with van der Waals surface area (Å²) >= 11 is 0. The molecule has 0 radical (unpaired) electrons. The van der Waals surface area contributed by atoms with Crippen LogP contribution in [0.15, 0.2) is 36.7 Å². The number of anilines is 2. The standard InChI is InChI=1S/C19H23N5O4/c1-3-28-19(26)24-9-7-23(8-10-24)18(25)16-12-21-17(13-20-16)22-14-5-4-6-15(11-14)27-2/h4-6,11-13H,3,7-10H2,1-2H3,(H,21,22). The van der Waals surface area contributed by atoms with Gasteiger partial charge in [0.15, 0.2) is 0 Å². The zero-order chi connectivity index (χ0) is 19.9. The molecular weight excluding hydrogens is 362 g/mol. The first-order valence-electron chi connectivity index (χ1n) is 9.04. The molecule has 0 spiro atoms. The van der Waals surface area contributed by atoms with Crippen LogP contribution in [-0.4, -0.2) is 71.7 Å². The van der Waals surface area contributed by atoms with Gasteiger partial charge in [-0.15, -0.1) is 0 Å². The van der Waals surface area contributed by atoms with Gasteiger partial charge in [-0.2, -0.15) is 0 Å². The van der Waals surface area contributed by atoms with E-state index in [2.05, 4.69) is 15.3 Å². The normalized spacial score (nSPS) is 13.8. The number of hydrogen-bond acceptors (Lipinski definition) is 7. The maximum absolute atomic E-state index is 12.6. The molecule has 148 valence electrons. The molecule has 2 amide bonds. The van der Waals surface area contributed by atoms with Crippen molar-refractivity contribution in [3.63, 3.8) is 0 Å². The number of amides is 2. The minimum atomic E-state index is -0.345. The van der Waals surface area contributed by atoms with Gasteiger partial charge in [0.2, 0.25) is 0 Å². The number of nitrogens with one attached hydrogen (secondary N) is 1. The summed E-state index contributed by atoms with van der Waals surface area (Å²) in [6, 6.07) is 7.43. The van der Waals surface area contributed by atoms with E-state index in [1.165, 1.54) is 12.4 Å². The first kappa shape index (κ1) is 19.4.